The topological polar surface area (TPSA) is 20.2 Å². The average Bonchev–Trinajstić information content (AvgIpc) is 2.01. The van der Waals surface area contributed by atoms with Gasteiger partial charge in [0.1, 0.15) is 0 Å². The first-order valence-electron chi connectivity index (χ1n) is 3.58. The first kappa shape index (κ1) is 9.92. The zero-order valence-electron chi connectivity index (χ0n) is 6.83. The summed E-state index contributed by atoms with van der Waals surface area (Å²) in [6, 6.07) is 0. The molecular formula is C10H14O. The van der Waals surface area contributed by atoms with Crippen molar-refractivity contribution in [2.45, 2.75) is 6.92 Å². The number of allylic oxidation sites excluding steroid dienone is 6. The van der Waals surface area contributed by atoms with Gasteiger partial charge in [-0.2, -0.15) is 0 Å². The summed E-state index contributed by atoms with van der Waals surface area (Å²) in [5, 5.41) is 8.49. The quantitative estimate of drug-likeness (QED) is 0.609. The molecule has 0 unspecified atom stereocenters. The molecule has 60 valence electrons. The van der Waals surface area contributed by atoms with Crippen LogP contribution in [0.25, 0.3) is 0 Å². The standard InChI is InChI=1S/C10H14O/c1-3-6-10(7-4-2)8-5-9-11/h3-8,11H,1,9H2,2H3/b7-4+,8-5-,10-6-. The molecule has 0 bridgehead atoms. The second-order valence-electron chi connectivity index (χ2n) is 1.99. The fourth-order valence-corrected chi connectivity index (χ4v) is 0.684. The lowest BCUT2D eigenvalue weighted by atomic mass is 10.2. The summed E-state index contributed by atoms with van der Waals surface area (Å²) in [6.07, 6.45) is 11.0. The van der Waals surface area contributed by atoms with Crippen molar-refractivity contribution in [1.29, 1.82) is 0 Å². The van der Waals surface area contributed by atoms with E-state index in [1.807, 2.05) is 31.2 Å². The summed E-state index contributed by atoms with van der Waals surface area (Å²) < 4.78 is 0. The minimum atomic E-state index is 0.0754. The van der Waals surface area contributed by atoms with Crippen LogP contribution in [0.4, 0.5) is 0 Å². The molecule has 0 spiro atoms. The van der Waals surface area contributed by atoms with Crippen LogP contribution in [0.5, 0.6) is 0 Å². The van der Waals surface area contributed by atoms with Gasteiger partial charge in [-0.25, -0.2) is 0 Å². The molecule has 0 radical (unpaired) electrons. The number of hydrogen-bond donors (Lipinski definition) is 1. The highest BCUT2D eigenvalue weighted by Gasteiger charge is 1.80. The van der Waals surface area contributed by atoms with Crippen LogP contribution in [0.1, 0.15) is 6.92 Å². The SMILES string of the molecule is C=C/C=C(\C=C/CO)/C=C/C. The van der Waals surface area contributed by atoms with Crippen LogP contribution in [0.15, 0.2) is 48.6 Å². The van der Waals surface area contributed by atoms with Crippen LogP contribution in [-0.4, -0.2) is 11.7 Å². The molecule has 1 nitrogen and oxygen atoms in total. The maximum Gasteiger partial charge on any atom is 0.0615 e. The number of aliphatic hydroxyl groups excluding tert-OH is 1. The highest BCUT2D eigenvalue weighted by Crippen LogP contribution is 1.98. The first-order valence-corrected chi connectivity index (χ1v) is 3.58. The van der Waals surface area contributed by atoms with Crippen molar-refractivity contribution in [2.75, 3.05) is 6.61 Å². The molecule has 0 aliphatic carbocycles. The highest BCUT2D eigenvalue weighted by atomic mass is 16.2. The minimum Gasteiger partial charge on any atom is -0.392 e. The Morgan fingerprint density at radius 3 is 2.64 bits per heavy atom. The summed E-state index contributed by atoms with van der Waals surface area (Å²) in [5.41, 5.74) is 1.04. The smallest absolute Gasteiger partial charge is 0.0615 e. The Balaban J connectivity index is 4.22. The lowest BCUT2D eigenvalue weighted by Gasteiger charge is -1.89. The van der Waals surface area contributed by atoms with E-state index in [4.69, 9.17) is 5.11 Å². The summed E-state index contributed by atoms with van der Waals surface area (Å²) in [4.78, 5) is 0. The summed E-state index contributed by atoms with van der Waals surface area (Å²) >= 11 is 0. The Morgan fingerprint density at radius 1 is 1.45 bits per heavy atom. The third-order valence-corrected chi connectivity index (χ3v) is 1.09. The normalized spacial score (nSPS) is 13.1. The molecule has 1 N–H and O–H groups in total. The third-order valence-electron chi connectivity index (χ3n) is 1.09. The van der Waals surface area contributed by atoms with E-state index in [1.54, 1.807) is 12.2 Å². The Kier molecular flexibility index (Phi) is 6.34. The van der Waals surface area contributed by atoms with Crippen molar-refractivity contribution in [1.82, 2.24) is 0 Å². The van der Waals surface area contributed by atoms with E-state index >= 15 is 0 Å². The van der Waals surface area contributed by atoms with E-state index in [2.05, 4.69) is 6.58 Å². The monoisotopic (exact) mass is 150 g/mol. The molecule has 0 saturated heterocycles. The molecule has 0 aliphatic heterocycles. The van der Waals surface area contributed by atoms with Crippen LogP contribution in [-0.2, 0) is 0 Å². The third kappa shape index (κ3) is 5.37. The Labute approximate surface area is 68.1 Å². The Hall–Kier alpha value is -1.08. The van der Waals surface area contributed by atoms with Crippen molar-refractivity contribution in [3.05, 3.63) is 48.6 Å². The summed E-state index contributed by atoms with van der Waals surface area (Å²) in [7, 11) is 0. The lowest BCUT2D eigenvalue weighted by molar-refractivity contribution is 0.342. The molecule has 0 rings (SSSR count). The molecule has 0 atom stereocenters. The molecule has 0 aromatic heterocycles. The predicted molar refractivity (Wildman–Crippen MR) is 49.3 cm³/mol. The van der Waals surface area contributed by atoms with Gasteiger partial charge in [-0.15, -0.1) is 0 Å². The second-order valence-corrected chi connectivity index (χ2v) is 1.99. The zero-order valence-corrected chi connectivity index (χ0v) is 6.83. The fraction of sp³-hybridized carbons (Fsp3) is 0.200. The van der Waals surface area contributed by atoms with Gasteiger partial charge < -0.3 is 5.11 Å². The molecule has 0 fully saturated rings. The largest absolute Gasteiger partial charge is 0.392 e. The van der Waals surface area contributed by atoms with E-state index in [0.717, 1.165) is 5.57 Å². The summed E-state index contributed by atoms with van der Waals surface area (Å²) in [6.45, 7) is 5.61. The highest BCUT2D eigenvalue weighted by molar-refractivity contribution is 5.33. The van der Waals surface area contributed by atoms with Crippen LogP contribution in [0.2, 0.25) is 0 Å². The van der Waals surface area contributed by atoms with Gasteiger partial charge in [-0.1, -0.05) is 43.0 Å². The Bertz CT molecular complexity index is 185. The van der Waals surface area contributed by atoms with Crippen molar-refractivity contribution >= 4 is 0 Å². The second kappa shape index (κ2) is 7.03. The van der Waals surface area contributed by atoms with E-state index in [-0.39, 0.29) is 6.61 Å². The van der Waals surface area contributed by atoms with Crippen molar-refractivity contribution in [3.8, 4) is 0 Å². The molecule has 11 heavy (non-hydrogen) atoms. The van der Waals surface area contributed by atoms with Gasteiger partial charge >= 0.3 is 0 Å². The van der Waals surface area contributed by atoms with Crippen LogP contribution in [0, 0.1) is 0 Å². The van der Waals surface area contributed by atoms with Crippen molar-refractivity contribution < 1.29 is 5.11 Å². The van der Waals surface area contributed by atoms with Gasteiger partial charge in [0, 0.05) is 0 Å². The van der Waals surface area contributed by atoms with Crippen LogP contribution < -0.4 is 0 Å². The minimum absolute atomic E-state index is 0.0754. The van der Waals surface area contributed by atoms with E-state index in [0.29, 0.717) is 0 Å². The van der Waals surface area contributed by atoms with Crippen molar-refractivity contribution in [2.24, 2.45) is 0 Å². The van der Waals surface area contributed by atoms with Gasteiger partial charge in [0.25, 0.3) is 0 Å². The van der Waals surface area contributed by atoms with Crippen LogP contribution >= 0.6 is 0 Å². The molecule has 0 aliphatic rings. The summed E-state index contributed by atoms with van der Waals surface area (Å²) in [5.74, 6) is 0. The van der Waals surface area contributed by atoms with Crippen LogP contribution in [0.3, 0.4) is 0 Å². The zero-order chi connectivity index (χ0) is 8.53. The lowest BCUT2D eigenvalue weighted by Crippen LogP contribution is -1.74. The molecule has 0 saturated carbocycles. The maximum atomic E-state index is 8.49. The van der Waals surface area contributed by atoms with E-state index in [9.17, 15) is 0 Å². The van der Waals surface area contributed by atoms with Gasteiger partial charge in [0.2, 0.25) is 0 Å². The van der Waals surface area contributed by atoms with Gasteiger partial charge in [0.15, 0.2) is 0 Å². The Morgan fingerprint density at radius 2 is 2.18 bits per heavy atom. The number of aliphatic hydroxyl groups is 1. The fourth-order valence-electron chi connectivity index (χ4n) is 0.684. The molecule has 0 aromatic rings. The molecule has 0 aromatic carbocycles. The first-order chi connectivity index (χ1) is 5.35. The molecule has 0 heterocycles. The predicted octanol–water partition coefficient (Wildman–Crippen LogP) is 2.22. The van der Waals surface area contributed by atoms with Gasteiger partial charge in [-0.05, 0) is 12.5 Å². The van der Waals surface area contributed by atoms with E-state index < -0.39 is 0 Å². The molecule has 1 heteroatoms. The molecule has 0 amide bonds. The maximum absolute atomic E-state index is 8.49. The number of hydrogen-bond acceptors (Lipinski definition) is 1. The average molecular weight is 150 g/mol. The van der Waals surface area contributed by atoms with Gasteiger partial charge in [0.05, 0.1) is 6.61 Å². The molecular weight excluding hydrogens is 136 g/mol. The van der Waals surface area contributed by atoms with E-state index in [1.165, 1.54) is 0 Å². The number of rotatable bonds is 4. The van der Waals surface area contributed by atoms with Gasteiger partial charge in [-0.3, -0.25) is 0 Å². The van der Waals surface area contributed by atoms with Crippen molar-refractivity contribution in [3.63, 3.8) is 0 Å².